The van der Waals surface area contributed by atoms with E-state index < -0.39 is 5.97 Å². The molecule has 0 fully saturated rings. The van der Waals surface area contributed by atoms with Crippen LogP contribution < -0.4 is 5.32 Å². The summed E-state index contributed by atoms with van der Waals surface area (Å²) in [7, 11) is 1.31. The van der Waals surface area contributed by atoms with Crippen LogP contribution in [0.3, 0.4) is 0 Å². The molecule has 0 heterocycles. The van der Waals surface area contributed by atoms with E-state index in [9.17, 15) is 9.59 Å². The molecule has 4 nitrogen and oxygen atoms in total. The zero-order valence-corrected chi connectivity index (χ0v) is 16.8. The minimum absolute atomic E-state index is 0.164. The predicted octanol–water partition coefficient (Wildman–Crippen LogP) is 4.95. The molecule has 0 saturated heterocycles. The van der Waals surface area contributed by atoms with E-state index in [1.807, 2.05) is 12.1 Å². The number of anilines is 1. The number of aryl methyl sites for hydroxylation is 1. The zero-order chi connectivity index (χ0) is 20.4. The van der Waals surface area contributed by atoms with Gasteiger partial charge in [0.25, 0.3) is 0 Å². The fraction of sp³-hybridized carbons (Fsp3) is 0.333. The smallest absolute Gasteiger partial charge is 0.340 e. The third-order valence-electron chi connectivity index (χ3n) is 4.39. The Labute approximate surface area is 167 Å². The highest BCUT2D eigenvalue weighted by Gasteiger charge is 2.14. The van der Waals surface area contributed by atoms with Gasteiger partial charge in [-0.25, -0.2) is 4.79 Å². The molecular weight excluding hydrogens is 350 g/mol. The maximum absolute atomic E-state index is 12.1. The quantitative estimate of drug-likeness (QED) is 0.422. The lowest BCUT2D eigenvalue weighted by Crippen LogP contribution is -2.14. The van der Waals surface area contributed by atoms with Gasteiger partial charge in [-0.3, -0.25) is 4.79 Å². The SMILES string of the molecule is CCCCCc1ccc(C#Cc2ccc(NC(=O)CC)c(C(=O)OC)c2)cc1. The van der Waals surface area contributed by atoms with Gasteiger partial charge in [-0.1, -0.05) is 50.7 Å². The van der Waals surface area contributed by atoms with Crippen molar-refractivity contribution in [2.75, 3.05) is 12.4 Å². The third kappa shape index (κ3) is 6.28. The van der Waals surface area contributed by atoms with Crippen molar-refractivity contribution in [3.63, 3.8) is 0 Å². The van der Waals surface area contributed by atoms with Crippen LogP contribution >= 0.6 is 0 Å². The number of esters is 1. The average molecular weight is 377 g/mol. The van der Waals surface area contributed by atoms with Gasteiger partial charge in [0.2, 0.25) is 5.91 Å². The summed E-state index contributed by atoms with van der Waals surface area (Å²) in [6.45, 7) is 3.96. The highest BCUT2D eigenvalue weighted by atomic mass is 16.5. The van der Waals surface area contributed by atoms with Crippen LogP contribution in [-0.4, -0.2) is 19.0 Å². The van der Waals surface area contributed by atoms with Crippen LogP contribution in [0.2, 0.25) is 0 Å². The monoisotopic (exact) mass is 377 g/mol. The molecule has 4 heteroatoms. The van der Waals surface area contributed by atoms with Crippen LogP contribution in [0.5, 0.6) is 0 Å². The Morgan fingerprint density at radius 1 is 0.964 bits per heavy atom. The molecule has 2 rings (SSSR count). The molecule has 1 N–H and O–H groups in total. The molecule has 146 valence electrons. The van der Waals surface area contributed by atoms with Gasteiger partial charge in [0.15, 0.2) is 0 Å². The maximum Gasteiger partial charge on any atom is 0.340 e. The first-order valence-corrected chi connectivity index (χ1v) is 9.70. The fourth-order valence-electron chi connectivity index (χ4n) is 2.73. The molecule has 0 unspecified atom stereocenters. The van der Waals surface area contributed by atoms with Crippen LogP contribution in [0.15, 0.2) is 42.5 Å². The van der Waals surface area contributed by atoms with Gasteiger partial charge in [0, 0.05) is 17.5 Å². The van der Waals surface area contributed by atoms with E-state index in [0.29, 0.717) is 23.2 Å². The number of ether oxygens (including phenoxy) is 1. The zero-order valence-electron chi connectivity index (χ0n) is 16.8. The number of nitrogens with one attached hydrogen (secondary N) is 1. The van der Waals surface area contributed by atoms with Gasteiger partial charge in [-0.15, -0.1) is 0 Å². The van der Waals surface area contributed by atoms with Crippen LogP contribution in [0, 0.1) is 11.8 Å². The molecule has 0 aliphatic heterocycles. The van der Waals surface area contributed by atoms with Crippen molar-refractivity contribution in [2.24, 2.45) is 0 Å². The molecule has 1 amide bonds. The van der Waals surface area contributed by atoms with E-state index in [-0.39, 0.29) is 5.91 Å². The molecular formula is C24H27NO3. The summed E-state index contributed by atoms with van der Waals surface area (Å²) < 4.78 is 4.82. The standard InChI is InChI=1S/C24H27NO3/c1-4-6-7-8-18-9-11-19(12-10-18)13-14-20-15-16-22(25-23(26)5-2)21(17-20)24(27)28-3/h9-12,15-17H,4-8H2,1-3H3,(H,25,26). The average Bonchev–Trinajstić information content (AvgIpc) is 2.73. The summed E-state index contributed by atoms with van der Waals surface area (Å²) in [5.41, 5.74) is 3.65. The number of hydrogen-bond acceptors (Lipinski definition) is 3. The first-order chi connectivity index (χ1) is 13.6. The van der Waals surface area contributed by atoms with Crippen molar-refractivity contribution in [3.8, 4) is 11.8 Å². The Bertz CT molecular complexity index is 873. The molecule has 0 aliphatic rings. The third-order valence-corrected chi connectivity index (χ3v) is 4.39. The van der Waals surface area contributed by atoms with Crippen LogP contribution in [0.1, 0.15) is 66.6 Å². The molecule has 0 saturated carbocycles. The number of carbonyl (C=O) groups excluding carboxylic acids is 2. The second-order valence-corrected chi connectivity index (χ2v) is 6.56. The summed E-state index contributed by atoms with van der Waals surface area (Å²) in [5.74, 6) is 5.53. The number of carbonyl (C=O) groups is 2. The molecule has 0 aromatic heterocycles. The largest absolute Gasteiger partial charge is 0.465 e. The first-order valence-electron chi connectivity index (χ1n) is 9.70. The van der Waals surface area contributed by atoms with E-state index in [1.54, 1.807) is 25.1 Å². The second kappa shape index (κ2) is 10.9. The van der Waals surface area contributed by atoms with Crippen molar-refractivity contribution in [1.29, 1.82) is 0 Å². The summed E-state index contributed by atoms with van der Waals surface area (Å²) >= 11 is 0. The summed E-state index contributed by atoms with van der Waals surface area (Å²) in [6, 6.07) is 13.4. The number of methoxy groups -OCH3 is 1. The Hall–Kier alpha value is -3.06. The lowest BCUT2D eigenvalue weighted by molar-refractivity contribution is -0.115. The van der Waals surface area contributed by atoms with E-state index in [0.717, 1.165) is 12.0 Å². The molecule has 0 spiro atoms. The number of amides is 1. The molecule has 28 heavy (non-hydrogen) atoms. The Morgan fingerprint density at radius 3 is 2.29 bits per heavy atom. The Kier molecular flexibility index (Phi) is 8.30. The van der Waals surface area contributed by atoms with Crippen LogP contribution in [0.25, 0.3) is 0 Å². The van der Waals surface area contributed by atoms with Crippen LogP contribution in [0.4, 0.5) is 5.69 Å². The van der Waals surface area contributed by atoms with Gasteiger partial charge in [0.1, 0.15) is 0 Å². The molecule has 0 atom stereocenters. The van der Waals surface area contributed by atoms with E-state index in [2.05, 4.69) is 36.2 Å². The molecule has 2 aromatic carbocycles. The van der Waals surface area contributed by atoms with Gasteiger partial charge < -0.3 is 10.1 Å². The van der Waals surface area contributed by atoms with E-state index in [1.165, 1.54) is 31.9 Å². The number of rotatable bonds is 7. The molecule has 0 aliphatic carbocycles. The first kappa shape index (κ1) is 21.2. The summed E-state index contributed by atoms with van der Waals surface area (Å²) in [4.78, 5) is 23.7. The highest BCUT2D eigenvalue weighted by molar-refractivity contribution is 6.01. The highest BCUT2D eigenvalue weighted by Crippen LogP contribution is 2.19. The van der Waals surface area contributed by atoms with Crippen molar-refractivity contribution >= 4 is 17.6 Å². The topological polar surface area (TPSA) is 55.4 Å². The van der Waals surface area contributed by atoms with Gasteiger partial charge in [-0.2, -0.15) is 0 Å². The Morgan fingerprint density at radius 2 is 1.64 bits per heavy atom. The molecule has 0 bridgehead atoms. The van der Waals surface area contributed by atoms with Gasteiger partial charge in [-0.05, 0) is 48.7 Å². The Balaban J connectivity index is 2.18. The maximum atomic E-state index is 12.1. The number of benzene rings is 2. The van der Waals surface area contributed by atoms with Crippen molar-refractivity contribution in [3.05, 3.63) is 64.7 Å². The minimum Gasteiger partial charge on any atom is -0.465 e. The normalized spacial score (nSPS) is 9.96. The van der Waals surface area contributed by atoms with Crippen molar-refractivity contribution in [2.45, 2.75) is 46.0 Å². The molecule has 2 aromatic rings. The van der Waals surface area contributed by atoms with Gasteiger partial charge >= 0.3 is 5.97 Å². The fourth-order valence-corrected chi connectivity index (χ4v) is 2.73. The molecule has 0 radical (unpaired) electrons. The van der Waals surface area contributed by atoms with Gasteiger partial charge in [0.05, 0.1) is 18.4 Å². The van der Waals surface area contributed by atoms with E-state index >= 15 is 0 Å². The predicted molar refractivity (Wildman–Crippen MR) is 112 cm³/mol. The number of hydrogen-bond donors (Lipinski definition) is 1. The summed E-state index contributed by atoms with van der Waals surface area (Å²) in [5, 5.41) is 2.72. The number of unbranched alkanes of at least 4 members (excludes halogenated alkanes) is 2. The summed E-state index contributed by atoms with van der Waals surface area (Å²) in [6.07, 6.45) is 5.10. The second-order valence-electron chi connectivity index (χ2n) is 6.56. The van der Waals surface area contributed by atoms with E-state index in [4.69, 9.17) is 4.74 Å². The van der Waals surface area contributed by atoms with Crippen molar-refractivity contribution in [1.82, 2.24) is 0 Å². The minimum atomic E-state index is -0.508. The lowest BCUT2D eigenvalue weighted by atomic mass is 10.0. The lowest BCUT2D eigenvalue weighted by Gasteiger charge is -2.09. The van der Waals surface area contributed by atoms with Crippen molar-refractivity contribution < 1.29 is 14.3 Å². The van der Waals surface area contributed by atoms with Crippen LogP contribution in [-0.2, 0) is 16.0 Å².